The van der Waals surface area contributed by atoms with Crippen molar-refractivity contribution in [3.05, 3.63) is 0 Å². The highest BCUT2D eigenvalue weighted by molar-refractivity contribution is 6.37. The smallest absolute Gasteiger partial charge is 0.425 e. The lowest BCUT2D eigenvalue weighted by Crippen LogP contribution is -2.25. The largest absolute Gasteiger partial charge is 0.464 e. The summed E-state index contributed by atoms with van der Waals surface area (Å²) in [5.74, 6) is -0.807. The number of amides is 1. The zero-order valence-corrected chi connectivity index (χ0v) is 7.93. The van der Waals surface area contributed by atoms with Gasteiger partial charge in [0.05, 0.1) is 6.61 Å². The molecule has 0 aromatic carbocycles. The molecule has 0 aliphatic rings. The van der Waals surface area contributed by atoms with Crippen molar-refractivity contribution in [3.63, 3.8) is 0 Å². The van der Waals surface area contributed by atoms with Gasteiger partial charge in [0.1, 0.15) is 10.6 Å². The third kappa shape index (κ3) is 5.88. The van der Waals surface area contributed by atoms with Crippen LogP contribution in [0.25, 0.3) is 0 Å². The minimum Gasteiger partial charge on any atom is -0.464 e. The normalized spacial score (nSPS) is 10.1. The molecular formula is C6H10N5O4+. The molecule has 0 rings (SSSR count). The average Bonchev–Trinajstić information content (AvgIpc) is 2.17. The van der Waals surface area contributed by atoms with Crippen molar-refractivity contribution < 1.29 is 19.4 Å². The van der Waals surface area contributed by atoms with Gasteiger partial charge in [-0.15, -0.1) is 0 Å². The van der Waals surface area contributed by atoms with Crippen LogP contribution in [0.2, 0.25) is 0 Å². The molecule has 9 nitrogen and oxygen atoms in total. The van der Waals surface area contributed by atoms with Gasteiger partial charge in [0.15, 0.2) is 12.3 Å². The highest BCUT2D eigenvalue weighted by Crippen LogP contribution is 1.86. The minimum absolute atomic E-state index is 0.128. The number of nitrogens with zero attached hydrogens (tertiary/aromatic N) is 3. The van der Waals surface area contributed by atoms with Crippen LogP contribution < -0.4 is 10.3 Å². The van der Waals surface area contributed by atoms with E-state index in [0.29, 0.717) is 0 Å². The number of hydrogen-bond donors (Lipinski definition) is 3. The topological polar surface area (TPSA) is 138 Å². The van der Waals surface area contributed by atoms with Crippen molar-refractivity contribution in [3.8, 4) is 0 Å². The fourth-order valence-electron chi connectivity index (χ4n) is 0.578. The highest BCUT2D eigenvalue weighted by atomic mass is 16.5. The molecule has 0 aromatic heterocycles. The van der Waals surface area contributed by atoms with Crippen molar-refractivity contribution in [1.29, 1.82) is 5.53 Å². The fourth-order valence-corrected chi connectivity index (χ4v) is 0.578. The molecule has 0 saturated heterocycles. The van der Waals surface area contributed by atoms with Crippen LogP contribution in [0.3, 0.4) is 0 Å². The predicted molar refractivity (Wildman–Crippen MR) is 47.4 cm³/mol. The Morgan fingerprint density at radius 1 is 1.60 bits per heavy atom. The van der Waals surface area contributed by atoms with Crippen LogP contribution in [0.5, 0.6) is 0 Å². The molecule has 0 radical (unpaired) electrons. The van der Waals surface area contributed by atoms with Crippen LogP contribution in [0.15, 0.2) is 10.2 Å². The Hall–Kier alpha value is -2.28. The Kier molecular flexibility index (Phi) is 6.07. The van der Waals surface area contributed by atoms with Gasteiger partial charge in [0.25, 0.3) is 0 Å². The molecule has 0 aromatic rings. The molecule has 0 aliphatic carbocycles. The average molecular weight is 216 g/mol. The van der Waals surface area contributed by atoms with Crippen LogP contribution in [0.1, 0.15) is 6.92 Å². The molecule has 0 heterocycles. The summed E-state index contributed by atoms with van der Waals surface area (Å²) in [6, 6.07) is 0. The lowest BCUT2D eigenvalue weighted by molar-refractivity contribution is -0.135. The van der Waals surface area contributed by atoms with Crippen LogP contribution in [0.4, 0.5) is 4.79 Å². The van der Waals surface area contributed by atoms with E-state index in [9.17, 15) is 9.59 Å². The summed E-state index contributed by atoms with van der Waals surface area (Å²) in [5, 5.41) is 14.7. The van der Waals surface area contributed by atoms with Gasteiger partial charge in [-0.25, -0.2) is 15.0 Å². The zero-order valence-electron chi connectivity index (χ0n) is 7.93. The summed E-state index contributed by atoms with van der Waals surface area (Å²) in [4.78, 5) is 23.9. The van der Waals surface area contributed by atoms with E-state index < -0.39 is 12.1 Å². The molecule has 0 fully saturated rings. The second-order valence-corrected chi connectivity index (χ2v) is 2.10. The van der Waals surface area contributed by atoms with E-state index in [2.05, 4.69) is 19.9 Å². The molecule has 0 spiro atoms. The molecule has 0 bridgehead atoms. The molecule has 0 unspecified atom stereocenters. The molecule has 3 N–H and O–H groups in total. The van der Waals surface area contributed by atoms with E-state index in [1.165, 1.54) is 0 Å². The SMILES string of the molecule is CCOC(=O)C(CN=[N+]=N)=NNC(=O)O. The molecular weight excluding hydrogens is 206 g/mol. The Bertz CT molecular complexity index is 319. The zero-order chi connectivity index (χ0) is 11.7. The van der Waals surface area contributed by atoms with Crippen molar-refractivity contribution in [1.82, 2.24) is 10.3 Å². The van der Waals surface area contributed by atoms with Crippen molar-refractivity contribution in [2.45, 2.75) is 6.92 Å². The first-order valence-electron chi connectivity index (χ1n) is 3.87. The Labute approximate surface area is 84.3 Å². The van der Waals surface area contributed by atoms with E-state index in [-0.39, 0.29) is 18.9 Å². The number of ether oxygens (including phenoxy) is 1. The molecule has 1 amide bonds. The number of carbonyl (C=O) groups excluding carboxylic acids is 1. The van der Waals surface area contributed by atoms with Gasteiger partial charge in [0.2, 0.25) is 4.91 Å². The summed E-state index contributed by atoms with van der Waals surface area (Å²) in [7, 11) is 0. The Morgan fingerprint density at radius 3 is 2.73 bits per heavy atom. The summed E-state index contributed by atoms with van der Waals surface area (Å²) in [5.41, 5.74) is 7.74. The van der Waals surface area contributed by atoms with Crippen LogP contribution >= 0.6 is 0 Å². The van der Waals surface area contributed by atoms with E-state index in [0.717, 1.165) is 0 Å². The third-order valence-electron chi connectivity index (χ3n) is 1.09. The first-order valence-corrected chi connectivity index (χ1v) is 3.87. The number of carbonyl (C=O) groups is 2. The van der Waals surface area contributed by atoms with Crippen molar-refractivity contribution in [2.75, 3.05) is 13.2 Å². The van der Waals surface area contributed by atoms with E-state index in [1.807, 2.05) is 0 Å². The van der Waals surface area contributed by atoms with Gasteiger partial charge in [-0.3, -0.25) is 0 Å². The first kappa shape index (κ1) is 12.7. The number of hydrogen-bond acceptors (Lipinski definition) is 6. The maximum atomic E-state index is 11.1. The van der Waals surface area contributed by atoms with Gasteiger partial charge < -0.3 is 9.84 Å². The van der Waals surface area contributed by atoms with E-state index >= 15 is 0 Å². The maximum absolute atomic E-state index is 11.1. The van der Waals surface area contributed by atoms with Gasteiger partial charge in [0, 0.05) is 0 Å². The quantitative estimate of drug-likeness (QED) is 0.191. The monoisotopic (exact) mass is 216 g/mol. The van der Waals surface area contributed by atoms with Crippen molar-refractivity contribution >= 4 is 17.8 Å². The number of hydrazone groups is 1. The molecule has 0 atom stereocenters. The van der Waals surface area contributed by atoms with Crippen molar-refractivity contribution in [2.24, 2.45) is 10.2 Å². The second kappa shape index (κ2) is 7.15. The summed E-state index contributed by atoms with van der Waals surface area (Å²) >= 11 is 0. The van der Waals surface area contributed by atoms with Crippen LogP contribution in [-0.4, -0.2) is 36.0 Å². The Balaban J connectivity index is 4.55. The number of carboxylic acid groups (broad SMARTS) is 1. The summed E-state index contributed by atoms with van der Waals surface area (Å²) in [6.45, 7) is 1.40. The standard InChI is InChI=1S/C6H9N5O4/c1-2-15-5(12)4(3-8-11-7)9-10-6(13)14/h7H,2-3H2,1H3,(H-,10,12,13,14)/p+1. The molecule has 82 valence electrons. The van der Waals surface area contributed by atoms with E-state index in [4.69, 9.17) is 10.6 Å². The first-order chi connectivity index (χ1) is 7.11. The minimum atomic E-state index is -1.42. The van der Waals surface area contributed by atoms with Crippen LogP contribution in [0, 0.1) is 5.53 Å². The number of nitrogens with one attached hydrogen (secondary N) is 2. The van der Waals surface area contributed by atoms with Gasteiger partial charge in [-0.1, -0.05) is 0 Å². The third-order valence-corrected chi connectivity index (χ3v) is 1.09. The highest BCUT2D eigenvalue weighted by Gasteiger charge is 2.15. The second-order valence-electron chi connectivity index (χ2n) is 2.10. The van der Waals surface area contributed by atoms with Gasteiger partial charge in [-0.05, 0) is 6.92 Å². The molecule has 0 aliphatic heterocycles. The molecule has 15 heavy (non-hydrogen) atoms. The van der Waals surface area contributed by atoms with E-state index in [1.54, 1.807) is 12.3 Å². The lowest BCUT2D eigenvalue weighted by atomic mass is 10.4. The van der Waals surface area contributed by atoms with Gasteiger partial charge in [-0.2, -0.15) is 5.10 Å². The number of esters is 1. The van der Waals surface area contributed by atoms with Gasteiger partial charge >= 0.3 is 12.1 Å². The fraction of sp³-hybridized carbons (Fsp3) is 0.500. The maximum Gasteiger partial charge on any atom is 0.425 e. The number of rotatable bonds is 5. The van der Waals surface area contributed by atoms with Crippen LogP contribution in [-0.2, 0) is 9.53 Å². The predicted octanol–water partition coefficient (Wildman–Crippen LogP) is -0.277. The lowest BCUT2D eigenvalue weighted by Gasteiger charge is -2.00. The summed E-state index contributed by atoms with van der Waals surface area (Å²) in [6.07, 6.45) is -1.42. The molecule has 0 saturated carbocycles. The molecule has 9 heteroatoms. The Morgan fingerprint density at radius 2 is 2.27 bits per heavy atom. The summed E-state index contributed by atoms with van der Waals surface area (Å²) < 4.78 is 4.57.